The summed E-state index contributed by atoms with van der Waals surface area (Å²) in [5, 5.41) is 0.831. The highest BCUT2D eigenvalue weighted by atomic mass is 32.2. The lowest BCUT2D eigenvalue weighted by molar-refractivity contribution is 0.580. The zero-order valence-corrected chi connectivity index (χ0v) is 17.6. The lowest BCUT2D eigenvalue weighted by Crippen LogP contribution is -2.25. The van der Waals surface area contributed by atoms with Crippen LogP contribution in [0.1, 0.15) is 26.2 Å². The van der Waals surface area contributed by atoms with E-state index >= 15 is 0 Å². The summed E-state index contributed by atoms with van der Waals surface area (Å²) in [5.74, 6) is 0.0538. The molecule has 6 nitrogen and oxygen atoms in total. The summed E-state index contributed by atoms with van der Waals surface area (Å²) < 4.78 is 27.5. The van der Waals surface area contributed by atoms with Gasteiger partial charge in [0.25, 0.3) is 5.56 Å². The van der Waals surface area contributed by atoms with Crippen LogP contribution in [0, 0.1) is 5.41 Å². The summed E-state index contributed by atoms with van der Waals surface area (Å²) in [6, 6.07) is 9.28. The van der Waals surface area contributed by atoms with Gasteiger partial charge in [-0.05, 0) is 42.9 Å². The molecule has 1 saturated carbocycles. The van der Waals surface area contributed by atoms with Gasteiger partial charge in [0.15, 0.2) is 9.84 Å². The van der Waals surface area contributed by atoms with Crippen LogP contribution in [-0.2, 0) is 16.9 Å². The number of hydrogen-bond donors (Lipinski definition) is 1. The minimum absolute atomic E-state index is 0.0538. The van der Waals surface area contributed by atoms with Crippen LogP contribution >= 0.6 is 0 Å². The first-order valence-electron chi connectivity index (χ1n) is 10.1. The molecule has 0 unspecified atom stereocenters. The van der Waals surface area contributed by atoms with Crippen molar-refractivity contribution in [2.75, 3.05) is 23.7 Å². The van der Waals surface area contributed by atoms with Crippen LogP contribution in [0.4, 0.5) is 5.69 Å². The number of anilines is 1. The number of benzene rings is 1. The Morgan fingerprint density at radius 1 is 1.17 bits per heavy atom. The van der Waals surface area contributed by atoms with E-state index < -0.39 is 9.84 Å². The molecular weight excluding hydrogens is 386 g/mol. The first-order chi connectivity index (χ1) is 13.9. The minimum atomic E-state index is -3.40. The van der Waals surface area contributed by atoms with Crippen molar-refractivity contribution in [2.24, 2.45) is 12.5 Å². The molecule has 3 heterocycles. The SMILES string of the molecule is CCS(=O)(=O)c1cccc(-c2cc3cc[nH]c3c(=O)n2C)c1N1CCC2(CC2)C1. The predicted octanol–water partition coefficient (Wildman–Crippen LogP) is 3.32. The van der Waals surface area contributed by atoms with Crippen LogP contribution in [0.2, 0.25) is 0 Å². The minimum Gasteiger partial charge on any atom is -0.369 e. The zero-order valence-electron chi connectivity index (χ0n) is 16.7. The van der Waals surface area contributed by atoms with Gasteiger partial charge in [0.2, 0.25) is 0 Å². The summed E-state index contributed by atoms with van der Waals surface area (Å²) in [6.07, 6.45) is 5.29. The van der Waals surface area contributed by atoms with Crippen molar-refractivity contribution < 1.29 is 8.42 Å². The fraction of sp³-hybridized carbons (Fsp3) is 0.409. The lowest BCUT2D eigenvalue weighted by Gasteiger charge is -2.26. The summed E-state index contributed by atoms with van der Waals surface area (Å²) in [6.45, 7) is 3.42. The van der Waals surface area contributed by atoms with Gasteiger partial charge in [0.05, 0.1) is 22.0 Å². The molecule has 2 aliphatic rings. The number of para-hydroxylation sites is 1. The molecule has 0 radical (unpaired) electrons. The number of H-pyrrole nitrogens is 1. The first kappa shape index (κ1) is 18.5. The molecule has 1 N–H and O–H groups in total. The number of aromatic nitrogens is 2. The molecule has 1 aliphatic heterocycles. The fourth-order valence-electron chi connectivity index (χ4n) is 4.64. The van der Waals surface area contributed by atoms with Crippen LogP contribution in [0.25, 0.3) is 22.2 Å². The van der Waals surface area contributed by atoms with Gasteiger partial charge in [-0.15, -0.1) is 0 Å². The van der Waals surface area contributed by atoms with E-state index in [1.165, 1.54) is 12.8 Å². The molecule has 0 atom stereocenters. The van der Waals surface area contributed by atoms with Gasteiger partial charge in [-0.2, -0.15) is 0 Å². The number of nitrogens with zero attached hydrogens (tertiary/aromatic N) is 2. The maximum atomic E-state index is 13.0. The maximum absolute atomic E-state index is 13.0. The zero-order chi connectivity index (χ0) is 20.4. The molecular formula is C22H25N3O3S. The van der Waals surface area contributed by atoms with Crippen molar-refractivity contribution in [2.45, 2.75) is 31.1 Å². The Hall–Kier alpha value is -2.54. The predicted molar refractivity (Wildman–Crippen MR) is 115 cm³/mol. The standard InChI is InChI=1S/C22H25N3O3S/c1-3-29(27,28)18-6-4-5-16(20(18)25-12-10-22(14-25)8-9-22)17-13-15-7-11-23-19(15)21(26)24(17)2/h4-7,11,13,23H,3,8-10,12,14H2,1-2H3. The molecule has 0 bridgehead atoms. The molecule has 3 aromatic rings. The quantitative estimate of drug-likeness (QED) is 0.715. The van der Waals surface area contributed by atoms with Gasteiger partial charge in [-0.3, -0.25) is 4.79 Å². The molecule has 1 aliphatic carbocycles. The van der Waals surface area contributed by atoms with Crippen molar-refractivity contribution in [1.29, 1.82) is 0 Å². The molecule has 1 saturated heterocycles. The fourth-order valence-corrected chi connectivity index (χ4v) is 5.77. The van der Waals surface area contributed by atoms with Gasteiger partial charge < -0.3 is 14.5 Å². The van der Waals surface area contributed by atoms with Crippen LogP contribution in [0.3, 0.4) is 0 Å². The Kier molecular flexibility index (Phi) is 3.97. The summed E-state index contributed by atoms with van der Waals surface area (Å²) in [4.78, 5) is 18.5. The molecule has 2 aromatic heterocycles. The summed E-state index contributed by atoms with van der Waals surface area (Å²) in [5.41, 5.74) is 3.10. The van der Waals surface area contributed by atoms with E-state index in [1.807, 2.05) is 18.2 Å². The Balaban J connectivity index is 1.79. The molecule has 7 heteroatoms. The first-order valence-corrected chi connectivity index (χ1v) is 11.8. The molecule has 5 rings (SSSR count). The van der Waals surface area contributed by atoms with Crippen LogP contribution < -0.4 is 10.5 Å². The molecule has 152 valence electrons. The van der Waals surface area contributed by atoms with Crippen molar-refractivity contribution in [3.63, 3.8) is 0 Å². The van der Waals surface area contributed by atoms with Gasteiger partial charge in [-0.25, -0.2) is 8.42 Å². The largest absolute Gasteiger partial charge is 0.369 e. The molecule has 29 heavy (non-hydrogen) atoms. The van der Waals surface area contributed by atoms with Crippen LogP contribution in [-0.4, -0.2) is 36.8 Å². The number of aromatic amines is 1. The number of nitrogens with one attached hydrogen (secondary N) is 1. The van der Waals surface area contributed by atoms with E-state index in [0.29, 0.717) is 15.8 Å². The monoisotopic (exact) mass is 411 g/mol. The maximum Gasteiger partial charge on any atom is 0.275 e. The highest BCUT2D eigenvalue weighted by Gasteiger charge is 2.48. The molecule has 1 spiro atoms. The average Bonchev–Trinajstić information content (AvgIpc) is 3.12. The van der Waals surface area contributed by atoms with E-state index in [-0.39, 0.29) is 11.3 Å². The Labute approximate surface area is 170 Å². The van der Waals surface area contributed by atoms with Crippen molar-refractivity contribution in [1.82, 2.24) is 9.55 Å². The summed E-state index contributed by atoms with van der Waals surface area (Å²) in [7, 11) is -1.66. The molecule has 2 fully saturated rings. The second-order valence-corrected chi connectivity index (χ2v) is 10.7. The summed E-state index contributed by atoms with van der Waals surface area (Å²) >= 11 is 0. The highest BCUT2D eigenvalue weighted by molar-refractivity contribution is 7.91. The smallest absolute Gasteiger partial charge is 0.275 e. The van der Waals surface area contributed by atoms with E-state index in [9.17, 15) is 13.2 Å². The van der Waals surface area contributed by atoms with Gasteiger partial charge in [-0.1, -0.05) is 19.1 Å². The second kappa shape index (κ2) is 6.23. The van der Waals surface area contributed by atoms with Crippen molar-refractivity contribution >= 4 is 26.4 Å². The van der Waals surface area contributed by atoms with Crippen LogP contribution in [0.15, 0.2) is 46.2 Å². The van der Waals surface area contributed by atoms with Gasteiger partial charge in [0, 0.05) is 37.3 Å². The van der Waals surface area contributed by atoms with E-state index in [4.69, 9.17) is 0 Å². The molecule has 1 aromatic carbocycles. The second-order valence-electron chi connectivity index (χ2n) is 8.43. The number of pyridine rings is 1. The van der Waals surface area contributed by atoms with E-state index in [1.54, 1.807) is 36.9 Å². The van der Waals surface area contributed by atoms with Crippen LogP contribution in [0.5, 0.6) is 0 Å². The van der Waals surface area contributed by atoms with E-state index in [2.05, 4.69) is 9.88 Å². The van der Waals surface area contributed by atoms with Gasteiger partial charge >= 0.3 is 0 Å². The number of sulfone groups is 1. The van der Waals surface area contributed by atoms with E-state index in [0.717, 1.165) is 41.8 Å². The van der Waals surface area contributed by atoms with Crippen molar-refractivity contribution in [3.05, 3.63) is 46.9 Å². The Bertz CT molecular complexity index is 1280. The van der Waals surface area contributed by atoms with Crippen molar-refractivity contribution in [3.8, 4) is 11.3 Å². The topological polar surface area (TPSA) is 75.2 Å². The Morgan fingerprint density at radius 3 is 2.66 bits per heavy atom. The average molecular weight is 412 g/mol. The Morgan fingerprint density at radius 2 is 1.97 bits per heavy atom. The number of rotatable bonds is 4. The number of fused-ring (bicyclic) bond motifs is 1. The number of hydrogen-bond acceptors (Lipinski definition) is 4. The van der Waals surface area contributed by atoms with Gasteiger partial charge in [0.1, 0.15) is 5.52 Å². The lowest BCUT2D eigenvalue weighted by atomic mass is 10.1. The third-order valence-electron chi connectivity index (χ3n) is 6.65. The highest BCUT2D eigenvalue weighted by Crippen LogP contribution is 2.54. The third-order valence-corrected chi connectivity index (χ3v) is 8.41. The third kappa shape index (κ3) is 2.82. The molecule has 0 amide bonds. The normalized spacial score (nSPS) is 18.1.